The zero-order valence-electron chi connectivity index (χ0n) is 19.5. The van der Waals surface area contributed by atoms with E-state index < -0.39 is 23.0 Å². The fourth-order valence-electron chi connectivity index (χ4n) is 3.31. The van der Waals surface area contributed by atoms with Gasteiger partial charge in [-0.1, -0.05) is 71.4 Å². The van der Waals surface area contributed by atoms with E-state index in [2.05, 4.69) is 20.8 Å². The number of benzene rings is 2. The van der Waals surface area contributed by atoms with Crippen molar-refractivity contribution in [3.05, 3.63) is 75.5 Å². The fourth-order valence-corrected chi connectivity index (χ4v) is 4.59. The van der Waals surface area contributed by atoms with Crippen LogP contribution in [-0.2, 0) is 33.7 Å². The lowest BCUT2D eigenvalue weighted by Gasteiger charge is -2.17. The number of Topliss-reactive ketones (excluding diaryl/α,β-unsaturated/α-hetero) is 1. The molecule has 0 aliphatic rings. The van der Waals surface area contributed by atoms with Gasteiger partial charge in [0.1, 0.15) is 12.6 Å². The van der Waals surface area contributed by atoms with Gasteiger partial charge in [-0.05, 0) is 47.0 Å². The van der Waals surface area contributed by atoms with Crippen molar-refractivity contribution < 1.29 is 19.1 Å². The van der Waals surface area contributed by atoms with E-state index in [4.69, 9.17) is 27.9 Å². The van der Waals surface area contributed by atoms with Crippen LogP contribution in [0.5, 0.6) is 0 Å². The number of aryl methyl sites for hydroxylation is 1. The number of nitrogens with zero attached hydrogens (tertiary/aromatic N) is 4. The topological polar surface area (TPSA) is 116 Å². The minimum absolute atomic E-state index is 0.162. The first kappa shape index (κ1) is 27.6. The second-order valence-electron chi connectivity index (χ2n) is 7.67. The zero-order valence-corrected chi connectivity index (χ0v) is 21.9. The molecule has 1 atom stereocenters. The third-order valence-corrected chi connectivity index (χ3v) is 6.63. The van der Waals surface area contributed by atoms with Gasteiger partial charge in [0.2, 0.25) is 0 Å². The minimum atomic E-state index is -1.10. The van der Waals surface area contributed by atoms with Gasteiger partial charge >= 0.3 is 5.97 Å². The molecular weight excluding hydrogens is 525 g/mol. The first-order chi connectivity index (χ1) is 17.4. The first-order valence-electron chi connectivity index (χ1n) is 11.2. The Bertz CT molecular complexity index is 1170. The van der Waals surface area contributed by atoms with E-state index in [1.165, 1.54) is 4.68 Å². The SMILES string of the molecule is CCOC(=O)CC(NC(=O)SCCc1ccccc1)C(=O)Cn1nnnc1Cc1c(Cl)cccc1Cl. The van der Waals surface area contributed by atoms with E-state index in [1.807, 2.05) is 30.3 Å². The largest absolute Gasteiger partial charge is 0.466 e. The number of carbonyl (C=O) groups excluding carboxylic acids is 3. The van der Waals surface area contributed by atoms with E-state index in [9.17, 15) is 14.4 Å². The van der Waals surface area contributed by atoms with Crippen LogP contribution in [0.3, 0.4) is 0 Å². The Labute approximate surface area is 222 Å². The van der Waals surface area contributed by atoms with Gasteiger partial charge in [0, 0.05) is 22.2 Å². The summed E-state index contributed by atoms with van der Waals surface area (Å²) in [6.45, 7) is 1.57. The maximum Gasteiger partial charge on any atom is 0.308 e. The van der Waals surface area contributed by atoms with Gasteiger partial charge in [-0.25, -0.2) is 4.68 Å². The Kier molecular flexibility index (Phi) is 10.7. The molecule has 9 nitrogen and oxygen atoms in total. The Hall–Kier alpha value is -2.95. The molecule has 36 heavy (non-hydrogen) atoms. The third kappa shape index (κ3) is 8.32. The number of thioether (sulfide) groups is 1. The molecule has 12 heteroatoms. The van der Waals surface area contributed by atoms with Crippen molar-refractivity contribution in [2.75, 3.05) is 12.4 Å². The molecule has 1 heterocycles. The maximum atomic E-state index is 13.1. The predicted octanol–water partition coefficient (Wildman–Crippen LogP) is 4.15. The Balaban J connectivity index is 1.65. The zero-order chi connectivity index (χ0) is 25.9. The Morgan fingerprint density at radius 2 is 1.81 bits per heavy atom. The molecule has 1 amide bonds. The van der Waals surface area contributed by atoms with Crippen molar-refractivity contribution in [3.8, 4) is 0 Å². The standard InChI is InChI=1S/C24H25Cl2N5O4S/c1-2-35-23(33)14-20(27-24(34)36-12-11-16-7-4-3-5-8-16)21(32)15-31-22(28-29-30-31)13-17-18(25)9-6-10-19(17)26/h3-10,20H,2,11-15H2,1H3,(H,27,34). The monoisotopic (exact) mass is 549 g/mol. The van der Waals surface area contributed by atoms with Crippen LogP contribution < -0.4 is 5.32 Å². The first-order valence-corrected chi connectivity index (χ1v) is 12.9. The summed E-state index contributed by atoms with van der Waals surface area (Å²) < 4.78 is 6.28. The summed E-state index contributed by atoms with van der Waals surface area (Å²) in [6, 6.07) is 13.8. The number of hydrogen-bond acceptors (Lipinski definition) is 8. The summed E-state index contributed by atoms with van der Waals surface area (Å²) in [4.78, 5) is 37.8. The highest BCUT2D eigenvalue weighted by atomic mass is 35.5. The number of aromatic nitrogens is 4. The van der Waals surface area contributed by atoms with Gasteiger partial charge in [-0.3, -0.25) is 14.4 Å². The average molecular weight is 550 g/mol. The molecule has 1 aromatic heterocycles. The molecule has 3 aromatic rings. The van der Waals surface area contributed by atoms with Gasteiger partial charge in [0.25, 0.3) is 5.24 Å². The average Bonchev–Trinajstić information content (AvgIpc) is 3.28. The lowest BCUT2D eigenvalue weighted by atomic mass is 10.1. The smallest absolute Gasteiger partial charge is 0.308 e. The van der Waals surface area contributed by atoms with Crippen LogP contribution in [0.4, 0.5) is 4.79 Å². The molecule has 1 N–H and O–H groups in total. The number of ether oxygens (including phenoxy) is 1. The lowest BCUT2D eigenvalue weighted by molar-refractivity contribution is -0.145. The number of carbonyl (C=O) groups is 3. The number of tetrazole rings is 1. The van der Waals surface area contributed by atoms with Crippen LogP contribution in [0.1, 0.15) is 30.3 Å². The van der Waals surface area contributed by atoms with E-state index in [0.29, 0.717) is 33.6 Å². The van der Waals surface area contributed by atoms with Gasteiger partial charge in [0.15, 0.2) is 11.6 Å². The summed E-state index contributed by atoms with van der Waals surface area (Å²) in [5.41, 5.74) is 1.72. The lowest BCUT2D eigenvalue weighted by Crippen LogP contribution is -2.43. The second-order valence-corrected chi connectivity index (χ2v) is 9.56. The summed E-state index contributed by atoms with van der Waals surface area (Å²) in [5.74, 6) is -0.160. The molecule has 1 unspecified atom stereocenters. The molecular formula is C24H25Cl2N5O4S. The van der Waals surface area contributed by atoms with Crippen LogP contribution >= 0.6 is 35.0 Å². The van der Waals surface area contributed by atoms with Crippen molar-refractivity contribution in [2.24, 2.45) is 0 Å². The molecule has 0 aliphatic heterocycles. The number of esters is 1. The summed E-state index contributed by atoms with van der Waals surface area (Å²) in [6.07, 6.45) is 0.586. The van der Waals surface area contributed by atoms with Crippen molar-refractivity contribution >= 4 is 52.0 Å². The van der Waals surface area contributed by atoms with Crippen LogP contribution in [0.2, 0.25) is 10.0 Å². The normalized spacial score (nSPS) is 11.6. The van der Waals surface area contributed by atoms with Gasteiger partial charge < -0.3 is 10.1 Å². The molecule has 0 spiro atoms. The van der Waals surface area contributed by atoms with Crippen LogP contribution in [-0.4, -0.2) is 55.6 Å². The van der Waals surface area contributed by atoms with Crippen molar-refractivity contribution in [1.82, 2.24) is 25.5 Å². The van der Waals surface area contributed by atoms with Crippen molar-refractivity contribution in [2.45, 2.75) is 38.8 Å². The molecule has 0 fully saturated rings. The third-order valence-electron chi connectivity index (χ3n) is 5.13. The molecule has 190 valence electrons. The van der Waals surface area contributed by atoms with Gasteiger partial charge in [-0.15, -0.1) is 5.10 Å². The Morgan fingerprint density at radius 3 is 2.50 bits per heavy atom. The molecule has 0 saturated carbocycles. The van der Waals surface area contributed by atoms with Crippen LogP contribution in [0.15, 0.2) is 48.5 Å². The minimum Gasteiger partial charge on any atom is -0.466 e. The van der Waals surface area contributed by atoms with Crippen molar-refractivity contribution in [1.29, 1.82) is 0 Å². The number of hydrogen-bond donors (Lipinski definition) is 1. The van der Waals surface area contributed by atoms with E-state index in [1.54, 1.807) is 25.1 Å². The van der Waals surface area contributed by atoms with Crippen molar-refractivity contribution in [3.63, 3.8) is 0 Å². The molecule has 0 radical (unpaired) electrons. The van der Waals surface area contributed by atoms with Gasteiger partial charge in [0.05, 0.1) is 13.0 Å². The van der Waals surface area contributed by atoms with E-state index in [0.717, 1.165) is 17.3 Å². The second kappa shape index (κ2) is 14.0. The van der Waals surface area contributed by atoms with Gasteiger partial charge in [-0.2, -0.15) is 0 Å². The highest BCUT2D eigenvalue weighted by Crippen LogP contribution is 2.26. The number of rotatable bonds is 12. The molecule has 0 aliphatic carbocycles. The number of halogens is 2. The van der Waals surface area contributed by atoms with Crippen LogP contribution in [0, 0.1) is 0 Å². The molecule has 2 aromatic carbocycles. The van der Waals surface area contributed by atoms with E-state index >= 15 is 0 Å². The number of ketones is 1. The number of amides is 1. The summed E-state index contributed by atoms with van der Waals surface area (Å²) in [5, 5.41) is 14.6. The molecule has 3 rings (SSSR count). The summed E-state index contributed by atoms with van der Waals surface area (Å²) in [7, 11) is 0. The predicted molar refractivity (Wildman–Crippen MR) is 138 cm³/mol. The maximum absolute atomic E-state index is 13.1. The quantitative estimate of drug-likeness (QED) is 0.335. The highest BCUT2D eigenvalue weighted by Gasteiger charge is 2.26. The highest BCUT2D eigenvalue weighted by molar-refractivity contribution is 8.13. The Morgan fingerprint density at radius 1 is 1.08 bits per heavy atom. The molecule has 0 bridgehead atoms. The number of nitrogens with one attached hydrogen (secondary N) is 1. The molecule has 0 saturated heterocycles. The summed E-state index contributed by atoms with van der Waals surface area (Å²) >= 11 is 13.5. The van der Waals surface area contributed by atoms with E-state index in [-0.39, 0.29) is 26.0 Å². The van der Waals surface area contributed by atoms with Crippen LogP contribution in [0.25, 0.3) is 0 Å². The fraction of sp³-hybridized carbons (Fsp3) is 0.333.